The van der Waals surface area contributed by atoms with Gasteiger partial charge >= 0.3 is 0 Å². The van der Waals surface area contributed by atoms with E-state index in [1.165, 1.54) is 19.3 Å². The Morgan fingerprint density at radius 1 is 0.806 bits per heavy atom. The number of hydrogen-bond donors (Lipinski definition) is 2. The number of nitrogens with zero attached hydrogens (tertiary/aromatic N) is 10. The van der Waals surface area contributed by atoms with Crippen LogP contribution in [-0.4, -0.2) is 159 Å². The molecule has 12 rings (SSSR count). The third kappa shape index (κ3) is 8.81. The molecule has 1 aromatic carbocycles. The van der Waals surface area contributed by atoms with Gasteiger partial charge in [0.1, 0.15) is 11.3 Å². The number of likely N-dealkylation sites (tertiary alicyclic amines) is 3. The first-order valence-corrected chi connectivity index (χ1v) is 27.2. The zero-order chi connectivity index (χ0) is 49.3. The number of aromatic nitrogens is 4. The normalized spacial score (nSPS) is 25.3. The van der Waals surface area contributed by atoms with Crippen LogP contribution in [0.15, 0.2) is 48.9 Å². The van der Waals surface area contributed by atoms with E-state index in [1.54, 1.807) is 6.20 Å². The summed E-state index contributed by atoms with van der Waals surface area (Å²) in [6, 6.07) is 13.9. The van der Waals surface area contributed by atoms with E-state index in [9.17, 15) is 19.2 Å². The number of nitrogens with one attached hydrogen (secondary N) is 2. The van der Waals surface area contributed by atoms with Crippen molar-refractivity contribution in [2.75, 3.05) is 87.1 Å². The standard InChI is InChI=1S/C55H70N12O5/c1-35(2)66-34-57-45-31-44(59-51(50(45)66)58-39-8-9-39)37-6-11-43-46(28-37)67(41-29-40(30-41)62-18-4-3-5-19-62)54(72)55(43)16-22-65(23-17-55)53(71)36-14-20-64(21-15-36)49(69)33-61-24-26-63(27-25-61)47-12-7-38(32-56-47)42-10-13-48(68)60-52(42)70/h6-7,11-12,28,31-32,34-36,39-42H,3-5,8-10,13-27,29-30,33H2,1-2H3,(H,58,59)(H,60,68,70)/t40-,41+,42?. The maximum Gasteiger partial charge on any atom is 0.238 e. The first kappa shape index (κ1) is 47.1. The number of pyridine rings is 2. The molecule has 17 nitrogen and oxygen atoms in total. The minimum absolute atomic E-state index is 0.106. The Hall–Kier alpha value is -5.94. The number of benzene rings is 1. The Morgan fingerprint density at radius 3 is 2.26 bits per heavy atom. The smallest absolute Gasteiger partial charge is 0.238 e. The quantitative estimate of drug-likeness (QED) is 0.182. The van der Waals surface area contributed by atoms with Crippen molar-refractivity contribution in [3.8, 4) is 11.3 Å². The lowest BCUT2D eigenvalue weighted by Crippen LogP contribution is -2.58. The van der Waals surface area contributed by atoms with Crippen molar-refractivity contribution in [3.05, 3.63) is 60.0 Å². The number of carbonyl (C=O) groups excluding carboxylic acids is 5. The molecule has 8 aliphatic rings. The van der Waals surface area contributed by atoms with Gasteiger partial charge in [0.15, 0.2) is 5.82 Å². The van der Waals surface area contributed by atoms with Gasteiger partial charge in [0.05, 0.1) is 35.4 Å². The van der Waals surface area contributed by atoms with E-state index in [1.807, 2.05) is 28.3 Å². The van der Waals surface area contributed by atoms with Gasteiger partial charge in [-0.3, -0.25) is 34.2 Å². The molecular formula is C55H70N12O5. The van der Waals surface area contributed by atoms with Crippen molar-refractivity contribution in [1.29, 1.82) is 0 Å². The topological polar surface area (TPSA) is 172 Å². The maximum absolute atomic E-state index is 15.2. The van der Waals surface area contributed by atoms with Gasteiger partial charge in [-0.25, -0.2) is 15.0 Å². The lowest BCUT2D eigenvalue weighted by atomic mass is 9.73. The van der Waals surface area contributed by atoms with Crippen molar-refractivity contribution in [2.45, 2.75) is 133 Å². The predicted octanol–water partition coefficient (Wildman–Crippen LogP) is 5.45. The molecule has 3 aromatic heterocycles. The van der Waals surface area contributed by atoms with Gasteiger partial charge in [0.2, 0.25) is 29.5 Å². The number of imide groups is 1. The molecule has 4 aromatic rings. The van der Waals surface area contributed by atoms with Crippen molar-refractivity contribution in [1.82, 2.24) is 44.4 Å². The lowest BCUT2D eigenvalue weighted by Gasteiger charge is -2.48. The summed E-state index contributed by atoms with van der Waals surface area (Å²) >= 11 is 0. The fourth-order valence-electron chi connectivity index (χ4n) is 13.0. The Labute approximate surface area is 422 Å². The number of piperidine rings is 4. The molecule has 1 atom stereocenters. The molecule has 1 unspecified atom stereocenters. The molecule has 5 saturated heterocycles. The van der Waals surface area contributed by atoms with Gasteiger partial charge in [0.25, 0.3) is 0 Å². The fraction of sp³-hybridized carbons (Fsp3) is 0.600. The van der Waals surface area contributed by atoms with Crippen molar-refractivity contribution in [2.24, 2.45) is 5.92 Å². The average molecular weight is 979 g/mol. The van der Waals surface area contributed by atoms with E-state index in [0.29, 0.717) is 83.3 Å². The monoisotopic (exact) mass is 979 g/mol. The molecule has 9 heterocycles. The highest BCUT2D eigenvalue weighted by Gasteiger charge is 2.56. The molecule has 6 aliphatic heterocycles. The largest absolute Gasteiger partial charge is 0.366 e. The molecule has 380 valence electrons. The Bertz CT molecular complexity index is 2740. The summed E-state index contributed by atoms with van der Waals surface area (Å²) in [5.74, 6) is 1.19. The van der Waals surface area contributed by atoms with Gasteiger partial charge in [-0.1, -0.05) is 24.6 Å². The van der Waals surface area contributed by atoms with Crippen molar-refractivity contribution in [3.63, 3.8) is 0 Å². The van der Waals surface area contributed by atoms with E-state index in [-0.39, 0.29) is 53.5 Å². The average Bonchev–Trinajstić information content (AvgIpc) is 4.05. The molecular weight excluding hydrogens is 909 g/mol. The number of rotatable bonds is 11. The van der Waals surface area contributed by atoms with Gasteiger partial charge in [-0.15, -0.1) is 0 Å². The summed E-state index contributed by atoms with van der Waals surface area (Å²) in [6.07, 6.45) is 15.1. The minimum Gasteiger partial charge on any atom is -0.366 e. The lowest BCUT2D eigenvalue weighted by molar-refractivity contribution is -0.143. The van der Waals surface area contributed by atoms with Crippen LogP contribution in [0.2, 0.25) is 0 Å². The van der Waals surface area contributed by atoms with E-state index in [2.05, 4.69) is 77.9 Å². The van der Waals surface area contributed by atoms with Crippen LogP contribution < -0.4 is 20.4 Å². The van der Waals surface area contributed by atoms with Crippen LogP contribution in [0.5, 0.6) is 0 Å². The highest BCUT2D eigenvalue weighted by molar-refractivity contribution is 6.09. The number of fused-ring (bicyclic) bond motifs is 3. The number of piperazine rings is 1. The summed E-state index contributed by atoms with van der Waals surface area (Å²) in [7, 11) is 0. The van der Waals surface area contributed by atoms with Gasteiger partial charge in [-0.2, -0.15) is 0 Å². The summed E-state index contributed by atoms with van der Waals surface area (Å²) < 4.78 is 2.20. The molecule has 17 heteroatoms. The Morgan fingerprint density at radius 2 is 1.57 bits per heavy atom. The first-order valence-electron chi connectivity index (χ1n) is 27.2. The number of anilines is 3. The van der Waals surface area contributed by atoms with Crippen LogP contribution in [0.4, 0.5) is 17.3 Å². The fourth-order valence-corrected chi connectivity index (χ4v) is 13.0. The van der Waals surface area contributed by atoms with Crippen LogP contribution in [0.1, 0.15) is 120 Å². The van der Waals surface area contributed by atoms with E-state index >= 15 is 4.79 Å². The highest BCUT2D eigenvalue weighted by Crippen LogP contribution is 2.52. The van der Waals surface area contributed by atoms with Gasteiger partial charge < -0.3 is 34.4 Å². The predicted molar refractivity (Wildman–Crippen MR) is 275 cm³/mol. The molecule has 2 N–H and O–H groups in total. The molecule has 5 amide bonds. The summed E-state index contributed by atoms with van der Waals surface area (Å²) in [5, 5.41) is 6.13. The zero-order valence-corrected chi connectivity index (χ0v) is 42.1. The second-order valence-electron chi connectivity index (χ2n) is 22.4. The SMILES string of the molecule is CC(C)n1cnc2cc(-c3ccc4c(c3)N([C@H]3C[C@@H](N5CCCCC5)C3)C(=O)C43CCN(C(=O)C4CCN(C(=O)CN5CCN(c6ccc(C7CCC(=O)NC7=O)cn6)CC5)CC4)CC3)nc(NC3CC3)c21. The second kappa shape index (κ2) is 19.2. The minimum atomic E-state index is -0.674. The van der Waals surface area contributed by atoms with Crippen molar-refractivity contribution >= 4 is 57.9 Å². The molecule has 1 spiro atoms. The molecule has 2 aliphatic carbocycles. The molecule has 0 bridgehead atoms. The van der Waals surface area contributed by atoms with E-state index in [0.717, 1.165) is 116 Å². The van der Waals surface area contributed by atoms with E-state index in [4.69, 9.17) is 9.97 Å². The van der Waals surface area contributed by atoms with Crippen molar-refractivity contribution < 1.29 is 24.0 Å². The van der Waals surface area contributed by atoms with Crippen LogP contribution in [-0.2, 0) is 29.4 Å². The van der Waals surface area contributed by atoms with Crippen LogP contribution >= 0.6 is 0 Å². The van der Waals surface area contributed by atoms with Gasteiger partial charge in [0, 0.05) is 106 Å². The third-order valence-electron chi connectivity index (χ3n) is 17.7. The first-order chi connectivity index (χ1) is 35.0. The zero-order valence-electron chi connectivity index (χ0n) is 42.1. The number of hydrogen-bond acceptors (Lipinski definition) is 12. The number of amides is 5. The van der Waals surface area contributed by atoms with Crippen LogP contribution in [0.3, 0.4) is 0 Å². The van der Waals surface area contributed by atoms with E-state index < -0.39 is 5.41 Å². The number of carbonyl (C=O) groups is 5. The molecule has 72 heavy (non-hydrogen) atoms. The van der Waals surface area contributed by atoms with Gasteiger partial charge in [-0.05, 0) is 127 Å². The van der Waals surface area contributed by atoms with Crippen LogP contribution in [0.25, 0.3) is 22.3 Å². The molecule has 2 saturated carbocycles. The van der Waals surface area contributed by atoms with Crippen LogP contribution in [0, 0.1) is 5.92 Å². The summed E-state index contributed by atoms with van der Waals surface area (Å²) in [5.41, 5.74) is 6.04. The third-order valence-corrected chi connectivity index (χ3v) is 17.7. The Balaban J connectivity index is 0.679. The maximum atomic E-state index is 15.2. The Kier molecular flexibility index (Phi) is 12.5. The summed E-state index contributed by atoms with van der Waals surface area (Å²) in [6.45, 7) is 12.2. The molecule has 7 fully saturated rings. The number of imidazole rings is 1. The second-order valence-corrected chi connectivity index (χ2v) is 22.4. The molecule has 0 radical (unpaired) electrons. The highest BCUT2D eigenvalue weighted by atomic mass is 16.2. The summed E-state index contributed by atoms with van der Waals surface area (Å²) in [4.78, 5) is 94.9.